The summed E-state index contributed by atoms with van der Waals surface area (Å²) in [6, 6.07) is 2.02. The van der Waals surface area contributed by atoms with E-state index in [4.69, 9.17) is 5.26 Å². The normalized spacial score (nSPS) is 19.7. The van der Waals surface area contributed by atoms with Gasteiger partial charge in [-0.2, -0.15) is 5.26 Å². The van der Waals surface area contributed by atoms with Gasteiger partial charge in [0.05, 0.1) is 22.9 Å². The van der Waals surface area contributed by atoms with Crippen molar-refractivity contribution in [2.75, 3.05) is 6.67 Å². The van der Waals surface area contributed by atoms with E-state index in [9.17, 15) is 4.79 Å². The highest BCUT2D eigenvalue weighted by Crippen LogP contribution is 2.18. The molecule has 0 spiro atoms. The number of hydrogen-bond donors (Lipinski definition) is 1. The lowest BCUT2D eigenvalue weighted by Gasteiger charge is -2.13. The SMILES string of the molecule is N#CC1=C(C2=NCNC=C2)C(=O)CC=C1. The maximum atomic E-state index is 11.7. The van der Waals surface area contributed by atoms with Crippen LogP contribution in [-0.4, -0.2) is 18.2 Å². The maximum Gasteiger partial charge on any atom is 0.170 e. The summed E-state index contributed by atoms with van der Waals surface area (Å²) >= 11 is 0. The van der Waals surface area contributed by atoms with E-state index in [0.717, 1.165) is 0 Å². The highest BCUT2D eigenvalue weighted by Gasteiger charge is 2.21. The molecule has 1 aliphatic carbocycles. The van der Waals surface area contributed by atoms with E-state index in [1.807, 2.05) is 6.07 Å². The Morgan fingerprint density at radius 3 is 3.00 bits per heavy atom. The summed E-state index contributed by atoms with van der Waals surface area (Å²) in [5.41, 5.74) is 1.44. The Labute approximate surface area is 87.3 Å². The van der Waals surface area contributed by atoms with Gasteiger partial charge in [-0.15, -0.1) is 0 Å². The van der Waals surface area contributed by atoms with Gasteiger partial charge in [0.15, 0.2) is 5.78 Å². The van der Waals surface area contributed by atoms with Crippen LogP contribution >= 0.6 is 0 Å². The summed E-state index contributed by atoms with van der Waals surface area (Å²) in [5, 5.41) is 11.8. The standard InChI is InChI=1S/C11H9N3O/c12-6-8-2-1-3-10(15)11(8)9-4-5-13-7-14-9/h1-2,4-5,13H,3,7H2. The molecule has 0 aromatic rings. The van der Waals surface area contributed by atoms with Crippen molar-refractivity contribution in [2.45, 2.75) is 6.42 Å². The molecule has 1 aliphatic heterocycles. The van der Waals surface area contributed by atoms with Gasteiger partial charge in [-0.3, -0.25) is 9.79 Å². The van der Waals surface area contributed by atoms with Crippen molar-refractivity contribution < 1.29 is 4.79 Å². The molecule has 0 amide bonds. The van der Waals surface area contributed by atoms with Crippen LogP contribution in [0.15, 0.2) is 40.6 Å². The number of allylic oxidation sites excluding steroid dienone is 5. The second-order valence-corrected chi connectivity index (χ2v) is 3.17. The van der Waals surface area contributed by atoms with Gasteiger partial charge in [-0.25, -0.2) is 0 Å². The summed E-state index contributed by atoms with van der Waals surface area (Å²) in [4.78, 5) is 15.8. The predicted molar refractivity (Wildman–Crippen MR) is 56.0 cm³/mol. The number of nitriles is 1. The lowest BCUT2D eigenvalue weighted by atomic mass is 9.93. The van der Waals surface area contributed by atoms with Crippen LogP contribution in [-0.2, 0) is 4.79 Å². The van der Waals surface area contributed by atoms with Crippen LogP contribution < -0.4 is 5.32 Å². The molecule has 0 unspecified atom stereocenters. The van der Waals surface area contributed by atoms with Crippen LogP contribution in [0.2, 0.25) is 0 Å². The van der Waals surface area contributed by atoms with E-state index >= 15 is 0 Å². The van der Waals surface area contributed by atoms with Crippen molar-refractivity contribution in [3.05, 3.63) is 35.6 Å². The van der Waals surface area contributed by atoms with E-state index in [-0.39, 0.29) is 5.78 Å². The summed E-state index contributed by atoms with van der Waals surface area (Å²) in [5.74, 6) is -0.0423. The van der Waals surface area contributed by atoms with Gasteiger partial charge in [-0.1, -0.05) is 6.08 Å². The lowest BCUT2D eigenvalue weighted by molar-refractivity contribution is -0.114. The molecule has 0 bridgehead atoms. The molecule has 1 N–H and O–H groups in total. The van der Waals surface area contributed by atoms with Crippen molar-refractivity contribution in [2.24, 2.45) is 4.99 Å². The molecule has 74 valence electrons. The average molecular weight is 199 g/mol. The van der Waals surface area contributed by atoms with E-state index in [0.29, 0.717) is 29.9 Å². The minimum Gasteiger partial charge on any atom is -0.372 e. The third-order valence-electron chi connectivity index (χ3n) is 2.21. The van der Waals surface area contributed by atoms with Crippen LogP contribution in [0.25, 0.3) is 0 Å². The van der Waals surface area contributed by atoms with Crippen molar-refractivity contribution in [1.82, 2.24) is 5.32 Å². The third-order valence-corrected chi connectivity index (χ3v) is 2.21. The Morgan fingerprint density at radius 1 is 1.47 bits per heavy atom. The smallest absolute Gasteiger partial charge is 0.170 e. The number of Topliss-reactive ketones (excluding diaryl/α,β-unsaturated/α-hetero) is 1. The summed E-state index contributed by atoms with van der Waals surface area (Å²) in [6.07, 6.45) is 7.18. The maximum absolute atomic E-state index is 11.7. The van der Waals surface area contributed by atoms with Gasteiger partial charge in [0, 0.05) is 12.6 Å². The van der Waals surface area contributed by atoms with Gasteiger partial charge in [0.1, 0.15) is 6.67 Å². The first-order valence-corrected chi connectivity index (χ1v) is 4.62. The average Bonchev–Trinajstić information content (AvgIpc) is 2.29. The number of rotatable bonds is 1. The summed E-state index contributed by atoms with van der Waals surface area (Å²) in [7, 11) is 0. The fourth-order valence-corrected chi connectivity index (χ4v) is 1.53. The molecule has 0 atom stereocenters. The number of nitrogens with zero attached hydrogens (tertiary/aromatic N) is 2. The largest absolute Gasteiger partial charge is 0.372 e. The molecule has 0 fully saturated rings. The third kappa shape index (κ3) is 1.72. The quantitative estimate of drug-likeness (QED) is 0.680. The number of carbonyl (C=O) groups is 1. The summed E-state index contributed by atoms with van der Waals surface area (Å²) in [6.45, 7) is 0.449. The zero-order chi connectivity index (χ0) is 10.7. The van der Waals surface area contributed by atoms with Crippen LogP contribution in [0.3, 0.4) is 0 Å². The van der Waals surface area contributed by atoms with E-state index < -0.39 is 0 Å². The Bertz CT molecular complexity index is 461. The summed E-state index contributed by atoms with van der Waals surface area (Å²) < 4.78 is 0. The Morgan fingerprint density at radius 2 is 2.33 bits per heavy atom. The van der Waals surface area contributed by atoms with Crippen LogP contribution in [0, 0.1) is 11.3 Å². The van der Waals surface area contributed by atoms with Crippen LogP contribution in [0.4, 0.5) is 0 Å². The van der Waals surface area contributed by atoms with Crippen molar-refractivity contribution in [1.29, 1.82) is 5.26 Å². The Hall–Kier alpha value is -2.15. The van der Waals surface area contributed by atoms with Crippen molar-refractivity contribution in [3.63, 3.8) is 0 Å². The number of hydrogen-bond acceptors (Lipinski definition) is 4. The molecule has 0 saturated heterocycles. The number of carbonyl (C=O) groups excluding carboxylic acids is 1. The second kappa shape index (κ2) is 3.93. The van der Waals surface area contributed by atoms with Crippen molar-refractivity contribution in [3.8, 4) is 6.07 Å². The van der Waals surface area contributed by atoms with E-state index in [1.54, 1.807) is 24.4 Å². The first kappa shape index (κ1) is 9.41. The number of ketones is 1. The molecule has 4 nitrogen and oxygen atoms in total. The van der Waals surface area contributed by atoms with E-state index in [1.165, 1.54) is 0 Å². The zero-order valence-corrected chi connectivity index (χ0v) is 8.03. The molecule has 2 rings (SSSR count). The lowest BCUT2D eigenvalue weighted by Crippen LogP contribution is -2.21. The minimum absolute atomic E-state index is 0.0423. The molecule has 4 heteroatoms. The highest BCUT2D eigenvalue weighted by molar-refractivity contribution is 6.28. The first-order chi connectivity index (χ1) is 7.33. The molecular formula is C11H9N3O. The van der Waals surface area contributed by atoms with Gasteiger partial charge >= 0.3 is 0 Å². The van der Waals surface area contributed by atoms with Crippen LogP contribution in [0.5, 0.6) is 0 Å². The fourth-order valence-electron chi connectivity index (χ4n) is 1.53. The Kier molecular flexibility index (Phi) is 2.46. The fraction of sp³-hybridized carbons (Fsp3) is 0.182. The van der Waals surface area contributed by atoms with E-state index in [2.05, 4.69) is 10.3 Å². The predicted octanol–water partition coefficient (Wildman–Crippen LogP) is 0.851. The van der Waals surface area contributed by atoms with Gasteiger partial charge in [0.2, 0.25) is 0 Å². The minimum atomic E-state index is -0.0423. The molecule has 0 saturated carbocycles. The monoisotopic (exact) mass is 199 g/mol. The molecular weight excluding hydrogens is 190 g/mol. The molecule has 2 aliphatic rings. The van der Waals surface area contributed by atoms with Crippen LogP contribution in [0.1, 0.15) is 6.42 Å². The zero-order valence-electron chi connectivity index (χ0n) is 8.03. The van der Waals surface area contributed by atoms with Gasteiger partial charge in [-0.05, 0) is 12.2 Å². The van der Waals surface area contributed by atoms with Crippen molar-refractivity contribution >= 4 is 11.5 Å². The first-order valence-electron chi connectivity index (χ1n) is 4.62. The molecule has 1 heterocycles. The molecule has 0 aromatic heterocycles. The molecule has 0 aromatic carbocycles. The second-order valence-electron chi connectivity index (χ2n) is 3.17. The number of nitrogens with one attached hydrogen (secondary N) is 1. The Balaban J connectivity index is 2.48. The highest BCUT2D eigenvalue weighted by atomic mass is 16.1. The molecule has 0 radical (unpaired) electrons. The topological polar surface area (TPSA) is 65.2 Å². The van der Waals surface area contributed by atoms with Gasteiger partial charge in [0.25, 0.3) is 0 Å². The molecule has 15 heavy (non-hydrogen) atoms. The van der Waals surface area contributed by atoms with Gasteiger partial charge < -0.3 is 5.32 Å². The number of aliphatic imine (C=N–C) groups is 1.